The fraction of sp³-hybridized carbons (Fsp3) is 0.556. The van der Waals surface area contributed by atoms with Gasteiger partial charge in [0, 0.05) is 31.6 Å². The largest absolute Gasteiger partial charge is 0.487 e. The van der Waals surface area contributed by atoms with Crippen molar-refractivity contribution in [3.05, 3.63) is 34.4 Å². The monoisotopic (exact) mass is 379 g/mol. The first-order valence-corrected chi connectivity index (χ1v) is 9.08. The lowest BCUT2D eigenvalue weighted by Gasteiger charge is -2.31. The molecule has 1 aliphatic heterocycles. The van der Waals surface area contributed by atoms with Gasteiger partial charge in [0.05, 0.1) is 18.1 Å². The van der Waals surface area contributed by atoms with Crippen molar-refractivity contribution in [3.63, 3.8) is 0 Å². The third-order valence-corrected chi connectivity index (χ3v) is 4.25. The molecule has 0 bridgehead atoms. The third kappa shape index (κ3) is 6.43. The summed E-state index contributed by atoms with van der Waals surface area (Å²) in [7, 11) is 0. The summed E-state index contributed by atoms with van der Waals surface area (Å²) in [6.07, 6.45) is 1.81. The van der Waals surface area contributed by atoms with Crippen molar-refractivity contribution in [2.75, 3.05) is 26.3 Å². The minimum atomic E-state index is -0.495. The Morgan fingerprint density at radius 1 is 1.30 bits per heavy atom. The molecule has 1 N–H and O–H groups in total. The molecule has 0 aromatic heterocycles. The molecule has 0 unspecified atom stereocenters. The molecule has 1 fully saturated rings. The number of likely N-dealkylation sites (tertiary alicyclic amines) is 1. The number of benzene rings is 1. The number of carbonyl (C=O) groups excluding carboxylic acids is 2. The van der Waals surface area contributed by atoms with Crippen LogP contribution in [0.15, 0.2) is 24.3 Å². The Balaban J connectivity index is 1.65. The van der Waals surface area contributed by atoms with Crippen LogP contribution in [-0.4, -0.2) is 54.2 Å². The average molecular weight is 379 g/mol. The number of ether oxygens (including phenoxy) is 2. The molecule has 1 saturated heterocycles. The lowest BCUT2D eigenvalue weighted by atomic mass is 10.1. The number of hydrogen-bond donors (Lipinski definition) is 1. The van der Waals surface area contributed by atoms with Crippen LogP contribution in [0.4, 0.5) is 10.5 Å². The summed E-state index contributed by atoms with van der Waals surface area (Å²) in [4.78, 5) is 35.7. The third-order valence-electron chi connectivity index (χ3n) is 4.25. The Hall–Kier alpha value is -2.84. The molecule has 1 heterocycles. The van der Waals surface area contributed by atoms with E-state index >= 15 is 0 Å². The maximum absolute atomic E-state index is 12.0. The normalized spacial score (nSPS) is 14.5. The lowest BCUT2D eigenvalue weighted by molar-refractivity contribution is -0.385. The van der Waals surface area contributed by atoms with Crippen molar-refractivity contribution >= 4 is 17.7 Å². The standard InChI is InChI=1S/C18H25N3O6/c1-2-26-18(23)20-11-9-14(10-12-20)19-17(22)8-5-13-27-16-7-4-3-6-15(16)21(24)25/h3-4,6-7,14H,2,5,8-13H2,1H3,(H,19,22). The Bertz CT molecular complexity index is 658. The smallest absolute Gasteiger partial charge is 0.409 e. The number of rotatable bonds is 8. The summed E-state index contributed by atoms with van der Waals surface area (Å²) < 4.78 is 10.4. The predicted molar refractivity (Wildman–Crippen MR) is 97.6 cm³/mol. The Labute approximate surface area is 157 Å². The van der Waals surface area contributed by atoms with E-state index in [4.69, 9.17) is 9.47 Å². The number of amides is 2. The SMILES string of the molecule is CCOC(=O)N1CCC(NC(=O)CCCOc2ccccc2[N+](=O)[O-])CC1. The Morgan fingerprint density at radius 3 is 2.67 bits per heavy atom. The van der Waals surface area contributed by atoms with Crippen LogP contribution >= 0.6 is 0 Å². The number of carbonyl (C=O) groups is 2. The van der Waals surface area contributed by atoms with Crippen molar-refractivity contribution in [2.45, 2.75) is 38.6 Å². The molecular formula is C18H25N3O6. The molecule has 0 atom stereocenters. The van der Waals surface area contributed by atoms with Crippen LogP contribution in [0.2, 0.25) is 0 Å². The summed E-state index contributed by atoms with van der Waals surface area (Å²) in [6.45, 7) is 3.46. The summed E-state index contributed by atoms with van der Waals surface area (Å²) in [5, 5.41) is 13.9. The van der Waals surface area contributed by atoms with E-state index in [-0.39, 0.29) is 42.5 Å². The van der Waals surface area contributed by atoms with E-state index in [1.54, 1.807) is 24.0 Å². The van der Waals surface area contributed by atoms with Crippen molar-refractivity contribution in [1.29, 1.82) is 0 Å². The predicted octanol–water partition coefficient (Wildman–Crippen LogP) is 2.49. The fourth-order valence-electron chi connectivity index (χ4n) is 2.87. The van der Waals surface area contributed by atoms with Gasteiger partial charge >= 0.3 is 11.8 Å². The van der Waals surface area contributed by atoms with E-state index in [1.807, 2.05) is 0 Å². The first-order chi connectivity index (χ1) is 13.0. The first kappa shape index (κ1) is 20.5. The summed E-state index contributed by atoms with van der Waals surface area (Å²) in [5.41, 5.74) is -0.0877. The van der Waals surface area contributed by atoms with E-state index in [9.17, 15) is 19.7 Å². The van der Waals surface area contributed by atoms with Gasteiger partial charge in [-0.15, -0.1) is 0 Å². The number of nitro benzene ring substituents is 1. The molecule has 0 spiro atoms. The summed E-state index contributed by atoms with van der Waals surface area (Å²) in [5.74, 6) is 0.116. The van der Waals surface area contributed by atoms with E-state index < -0.39 is 4.92 Å². The molecular weight excluding hydrogens is 354 g/mol. The minimum absolute atomic E-state index is 0.0410. The maximum atomic E-state index is 12.0. The fourth-order valence-corrected chi connectivity index (χ4v) is 2.87. The molecule has 1 aromatic rings. The number of hydrogen-bond acceptors (Lipinski definition) is 6. The number of nitrogens with zero attached hydrogens (tertiary/aromatic N) is 2. The molecule has 148 valence electrons. The molecule has 0 aliphatic carbocycles. The zero-order valence-electron chi connectivity index (χ0n) is 15.4. The Morgan fingerprint density at radius 2 is 2.00 bits per heavy atom. The second kappa shape index (κ2) is 10.3. The van der Waals surface area contributed by atoms with Gasteiger partial charge in [0.25, 0.3) is 0 Å². The molecule has 0 radical (unpaired) electrons. The highest BCUT2D eigenvalue weighted by molar-refractivity contribution is 5.76. The van der Waals surface area contributed by atoms with Crippen LogP contribution in [0, 0.1) is 10.1 Å². The van der Waals surface area contributed by atoms with Crippen molar-refractivity contribution in [1.82, 2.24) is 10.2 Å². The van der Waals surface area contributed by atoms with Gasteiger partial charge < -0.3 is 19.7 Å². The topological polar surface area (TPSA) is 111 Å². The van der Waals surface area contributed by atoms with Gasteiger partial charge in [0.15, 0.2) is 5.75 Å². The van der Waals surface area contributed by atoms with Crippen molar-refractivity contribution in [2.24, 2.45) is 0 Å². The molecule has 2 rings (SSSR count). The van der Waals surface area contributed by atoms with Gasteiger partial charge in [-0.3, -0.25) is 14.9 Å². The van der Waals surface area contributed by atoms with Gasteiger partial charge in [0.1, 0.15) is 0 Å². The van der Waals surface area contributed by atoms with Crippen LogP contribution < -0.4 is 10.1 Å². The number of nitro groups is 1. The average Bonchev–Trinajstić information content (AvgIpc) is 2.66. The first-order valence-electron chi connectivity index (χ1n) is 9.08. The second-order valence-electron chi connectivity index (χ2n) is 6.20. The second-order valence-corrected chi connectivity index (χ2v) is 6.20. The molecule has 9 nitrogen and oxygen atoms in total. The van der Waals surface area contributed by atoms with Crippen LogP contribution in [0.3, 0.4) is 0 Å². The maximum Gasteiger partial charge on any atom is 0.409 e. The van der Waals surface area contributed by atoms with Crippen LogP contribution in [0.1, 0.15) is 32.6 Å². The zero-order chi connectivity index (χ0) is 19.6. The van der Waals surface area contributed by atoms with E-state index in [1.165, 1.54) is 12.1 Å². The molecule has 0 saturated carbocycles. The van der Waals surface area contributed by atoms with Gasteiger partial charge in [-0.25, -0.2) is 4.79 Å². The highest BCUT2D eigenvalue weighted by atomic mass is 16.6. The van der Waals surface area contributed by atoms with E-state index in [2.05, 4.69) is 5.32 Å². The summed E-state index contributed by atoms with van der Waals surface area (Å²) in [6, 6.07) is 6.20. The van der Waals surface area contributed by atoms with Crippen LogP contribution in [0.25, 0.3) is 0 Å². The lowest BCUT2D eigenvalue weighted by Crippen LogP contribution is -2.46. The highest BCUT2D eigenvalue weighted by Crippen LogP contribution is 2.25. The molecule has 9 heteroatoms. The van der Waals surface area contributed by atoms with Crippen molar-refractivity contribution < 1.29 is 24.0 Å². The van der Waals surface area contributed by atoms with Crippen LogP contribution in [0.5, 0.6) is 5.75 Å². The zero-order valence-corrected chi connectivity index (χ0v) is 15.4. The number of nitrogens with one attached hydrogen (secondary N) is 1. The van der Waals surface area contributed by atoms with Crippen molar-refractivity contribution in [3.8, 4) is 5.75 Å². The number of para-hydroxylation sites is 2. The summed E-state index contributed by atoms with van der Waals surface area (Å²) >= 11 is 0. The van der Waals surface area contributed by atoms with Gasteiger partial charge in [-0.05, 0) is 32.3 Å². The molecule has 1 aromatic carbocycles. The van der Waals surface area contributed by atoms with Gasteiger partial charge in [-0.2, -0.15) is 0 Å². The molecule has 1 aliphatic rings. The van der Waals surface area contributed by atoms with E-state index in [0.29, 0.717) is 39.0 Å². The molecule has 2 amide bonds. The quantitative estimate of drug-likeness (QED) is 0.422. The Kier molecular flexibility index (Phi) is 7.84. The minimum Gasteiger partial charge on any atom is -0.487 e. The van der Waals surface area contributed by atoms with Crippen LogP contribution in [-0.2, 0) is 9.53 Å². The molecule has 27 heavy (non-hydrogen) atoms. The van der Waals surface area contributed by atoms with Gasteiger partial charge in [-0.1, -0.05) is 12.1 Å². The highest BCUT2D eigenvalue weighted by Gasteiger charge is 2.24. The van der Waals surface area contributed by atoms with E-state index in [0.717, 1.165) is 0 Å². The van der Waals surface area contributed by atoms with Gasteiger partial charge in [0.2, 0.25) is 5.91 Å². The number of piperidine rings is 1.